The van der Waals surface area contributed by atoms with Gasteiger partial charge in [-0.05, 0) is 61.1 Å². The number of halogens is 1. The van der Waals surface area contributed by atoms with Crippen LogP contribution in [0.25, 0.3) is 0 Å². The molecule has 7 rings (SSSR count). The average Bonchev–Trinajstić information content (AvgIpc) is 3.54. The van der Waals surface area contributed by atoms with Gasteiger partial charge < -0.3 is 23.6 Å². The molecule has 3 amide bonds. The first kappa shape index (κ1) is 33.6. The minimum absolute atomic E-state index is 0.101. The monoisotopic (exact) mass is 693 g/mol. The highest BCUT2D eigenvalue weighted by molar-refractivity contribution is 6.72. The number of carbonyl (C=O) groups is 3. The van der Waals surface area contributed by atoms with Gasteiger partial charge >= 0.3 is 0 Å². The fourth-order valence-corrected chi connectivity index (χ4v) is 10.5. The SMILES string of the molecule is C[C@@H]1[C@@H]([Si](C)(C)F)[C@H](CC(=O)N(CCO)Cc2ccccc2)O[C@@]12C(=O)N(c1ccccc1)c1ccc(N3C(=O)COc4ccccc43)cc12. The van der Waals surface area contributed by atoms with Crippen LogP contribution in [0.1, 0.15) is 24.5 Å². The van der Waals surface area contributed by atoms with E-state index in [-0.39, 0.29) is 50.4 Å². The van der Waals surface area contributed by atoms with E-state index < -0.39 is 31.6 Å². The molecule has 0 saturated carbocycles. The third-order valence-corrected chi connectivity index (χ3v) is 12.6. The number of aliphatic hydroxyl groups excluding tert-OH is 1. The first-order valence-electron chi connectivity index (χ1n) is 16.9. The number of anilines is 4. The van der Waals surface area contributed by atoms with E-state index in [1.165, 1.54) is 0 Å². The number of aliphatic hydroxyl groups is 1. The lowest BCUT2D eigenvalue weighted by Gasteiger charge is -2.32. The Hall–Kier alpha value is -4.84. The maximum absolute atomic E-state index is 16.6. The van der Waals surface area contributed by atoms with Gasteiger partial charge in [0.15, 0.2) is 12.2 Å². The zero-order valence-corrected chi connectivity index (χ0v) is 29.3. The third kappa shape index (κ3) is 5.68. The number of fused-ring (bicyclic) bond motifs is 3. The van der Waals surface area contributed by atoms with Crippen LogP contribution in [-0.2, 0) is 31.3 Å². The van der Waals surface area contributed by atoms with Crippen LogP contribution in [-0.4, -0.2) is 62.0 Å². The highest BCUT2D eigenvalue weighted by Gasteiger charge is 2.67. The molecule has 4 aromatic carbocycles. The summed E-state index contributed by atoms with van der Waals surface area (Å²) in [5.74, 6) is -1.04. The van der Waals surface area contributed by atoms with Crippen molar-refractivity contribution < 1.29 is 33.1 Å². The summed E-state index contributed by atoms with van der Waals surface area (Å²) in [6, 6.07) is 31.3. The average molecular weight is 694 g/mol. The van der Waals surface area contributed by atoms with Crippen molar-refractivity contribution in [3.63, 3.8) is 0 Å². The standard InChI is InChI=1S/C39H40FN3O6Si/c1-26-37(50(2,3)40)34(23-35(45)41(20-21-44)24-27-12-6-4-7-13-27)49-39(26)30-22-29(42-32-16-10-11-17-33(32)48-25-36(42)46)18-19-31(30)43(38(39)47)28-14-8-5-9-15-28/h4-19,22,26,34,37,44H,20-21,23-25H2,1-3H3/t26-,34+,37-,39+/m1/s1. The number of rotatable bonds is 9. The van der Waals surface area contributed by atoms with Gasteiger partial charge in [0.05, 0.1) is 30.5 Å². The summed E-state index contributed by atoms with van der Waals surface area (Å²) in [5, 5.41) is 9.85. The molecule has 3 heterocycles. The Balaban J connectivity index is 1.33. The smallest absolute Gasteiger partial charge is 0.269 e. The molecule has 1 spiro atoms. The van der Waals surface area contributed by atoms with Crippen molar-refractivity contribution in [1.29, 1.82) is 0 Å². The second kappa shape index (κ2) is 13.1. The Morgan fingerprint density at radius 1 is 0.920 bits per heavy atom. The van der Waals surface area contributed by atoms with Gasteiger partial charge in [-0.15, -0.1) is 0 Å². The van der Waals surface area contributed by atoms with Crippen molar-refractivity contribution in [2.45, 2.75) is 50.2 Å². The molecule has 0 unspecified atom stereocenters. The van der Waals surface area contributed by atoms with Gasteiger partial charge in [-0.2, -0.15) is 0 Å². The predicted molar refractivity (Wildman–Crippen MR) is 191 cm³/mol. The molecule has 0 radical (unpaired) electrons. The van der Waals surface area contributed by atoms with Crippen molar-refractivity contribution in [3.8, 4) is 5.75 Å². The highest BCUT2D eigenvalue weighted by Crippen LogP contribution is 2.62. The first-order chi connectivity index (χ1) is 24.0. The van der Waals surface area contributed by atoms with Crippen molar-refractivity contribution >= 4 is 48.9 Å². The van der Waals surface area contributed by atoms with Crippen LogP contribution in [0.5, 0.6) is 5.75 Å². The van der Waals surface area contributed by atoms with Crippen LogP contribution in [0.4, 0.5) is 26.9 Å². The van der Waals surface area contributed by atoms with Gasteiger partial charge in [-0.3, -0.25) is 24.2 Å². The molecule has 50 heavy (non-hydrogen) atoms. The molecule has 0 aliphatic carbocycles. The summed E-state index contributed by atoms with van der Waals surface area (Å²) in [7, 11) is -3.59. The third-order valence-electron chi connectivity index (χ3n) is 10.1. The molecule has 4 atom stereocenters. The molecule has 258 valence electrons. The summed E-state index contributed by atoms with van der Waals surface area (Å²) in [6.45, 7) is 5.03. The fraction of sp³-hybridized carbons (Fsp3) is 0.308. The number of para-hydroxylation sites is 3. The Kier molecular flexibility index (Phi) is 8.83. The highest BCUT2D eigenvalue weighted by atomic mass is 28.4. The lowest BCUT2D eigenvalue weighted by atomic mass is 9.82. The van der Waals surface area contributed by atoms with Gasteiger partial charge in [0.1, 0.15) is 5.75 Å². The second-order valence-electron chi connectivity index (χ2n) is 13.7. The molecule has 9 nitrogen and oxygen atoms in total. The van der Waals surface area contributed by atoms with Crippen molar-refractivity contribution in [2.24, 2.45) is 5.92 Å². The Bertz CT molecular complexity index is 1920. The molecule has 3 aliphatic rings. The summed E-state index contributed by atoms with van der Waals surface area (Å²) in [6.07, 6.45) is -1.07. The quantitative estimate of drug-likeness (QED) is 0.157. The van der Waals surface area contributed by atoms with Crippen LogP contribution < -0.4 is 14.5 Å². The lowest BCUT2D eigenvalue weighted by Crippen LogP contribution is -2.44. The number of hydrogen-bond acceptors (Lipinski definition) is 6. The molecule has 4 aromatic rings. The summed E-state index contributed by atoms with van der Waals surface area (Å²) in [5.41, 5.74) is 1.34. The molecular weight excluding hydrogens is 654 g/mol. The second-order valence-corrected chi connectivity index (χ2v) is 17.5. The van der Waals surface area contributed by atoms with Crippen LogP contribution in [0, 0.1) is 5.92 Å². The molecule has 1 saturated heterocycles. The number of benzene rings is 4. The van der Waals surface area contributed by atoms with Crippen LogP contribution >= 0.6 is 0 Å². The number of amides is 3. The summed E-state index contributed by atoms with van der Waals surface area (Å²) < 4.78 is 29.2. The number of hydrogen-bond donors (Lipinski definition) is 1. The molecule has 1 N–H and O–H groups in total. The molecule has 0 bridgehead atoms. The van der Waals surface area contributed by atoms with Crippen molar-refractivity contribution in [1.82, 2.24) is 4.90 Å². The largest absolute Gasteiger partial charge is 0.482 e. The maximum atomic E-state index is 16.6. The zero-order chi connectivity index (χ0) is 35.2. The Morgan fingerprint density at radius 3 is 2.30 bits per heavy atom. The van der Waals surface area contributed by atoms with Gasteiger partial charge in [0.2, 0.25) is 14.3 Å². The fourth-order valence-electron chi connectivity index (χ4n) is 8.04. The van der Waals surface area contributed by atoms with E-state index in [9.17, 15) is 19.5 Å². The Labute approximate surface area is 292 Å². The van der Waals surface area contributed by atoms with E-state index in [1.807, 2.05) is 79.7 Å². The lowest BCUT2D eigenvalue weighted by molar-refractivity contribution is -0.149. The number of ether oxygens (including phenoxy) is 2. The maximum Gasteiger partial charge on any atom is 0.269 e. The topological polar surface area (TPSA) is 99.6 Å². The van der Waals surface area contributed by atoms with E-state index in [4.69, 9.17) is 9.47 Å². The molecule has 0 aromatic heterocycles. The first-order valence-corrected chi connectivity index (χ1v) is 19.9. The van der Waals surface area contributed by atoms with Crippen LogP contribution in [0.3, 0.4) is 0 Å². The van der Waals surface area contributed by atoms with Crippen LogP contribution in [0.2, 0.25) is 18.6 Å². The number of nitrogens with zero attached hydrogens (tertiary/aromatic N) is 3. The van der Waals surface area contributed by atoms with Gasteiger partial charge in [-0.25, -0.2) is 0 Å². The van der Waals surface area contributed by atoms with Crippen LogP contribution in [0.15, 0.2) is 103 Å². The summed E-state index contributed by atoms with van der Waals surface area (Å²) in [4.78, 5) is 47.1. The van der Waals surface area contributed by atoms with Gasteiger partial charge in [0.25, 0.3) is 11.8 Å². The van der Waals surface area contributed by atoms with Gasteiger partial charge in [-0.1, -0.05) is 67.6 Å². The minimum atomic E-state index is -3.59. The van der Waals surface area contributed by atoms with E-state index >= 15 is 4.11 Å². The molecule has 3 aliphatic heterocycles. The molecular formula is C39H40FN3O6Si. The normalized spacial score (nSPS) is 22.8. The van der Waals surface area contributed by atoms with E-state index in [0.29, 0.717) is 34.1 Å². The molecule has 11 heteroatoms. The van der Waals surface area contributed by atoms with Gasteiger partial charge in [0, 0.05) is 41.5 Å². The van der Waals surface area contributed by atoms with E-state index in [0.717, 1.165) is 5.56 Å². The number of carbonyl (C=O) groups excluding carboxylic acids is 3. The molecule has 1 fully saturated rings. The van der Waals surface area contributed by atoms with Crippen molar-refractivity contribution in [3.05, 3.63) is 114 Å². The minimum Gasteiger partial charge on any atom is -0.482 e. The predicted octanol–water partition coefficient (Wildman–Crippen LogP) is 6.61. The zero-order valence-electron chi connectivity index (χ0n) is 28.3. The van der Waals surface area contributed by atoms with E-state index in [2.05, 4.69) is 0 Å². The Morgan fingerprint density at radius 2 is 1.60 bits per heavy atom. The van der Waals surface area contributed by atoms with E-state index in [1.54, 1.807) is 58.1 Å². The van der Waals surface area contributed by atoms with Crippen molar-refractivity contribution in [2.75, 3.05) is 29.6 Å². The summed E-state index contributed by atoms with van der Waals surface area (Å²) >= 11 is 0.